The minimum Gasteiger partial charge on any atom is -0.352 e. The normalized spacial score (nSPS) is 20.8. The van der Waals surface area contributed by atoms with Gasteiger partial charge in [-0.05, 0) is 50.8 Å². The van der Waals surface area contributed by atoms with Crippen LogP contribution in [0.4, 0.5) is 0 Å². The van der Waals surface area contributed by atoms with E-state index in [2.05, 4.69) is 15.4 Å². The highest BCUT2D eigenvalue weighted by molar-refractivity contribution is 5.78. The van der Waals surface area contributed by atoms with Gasteiger partial charge in [0.1, 0.15) is 0 Å². The van der Waals surface area contributed by atoms with Crippen molar-refractivity contribution in [3.63, 3.8) is 0 Å². The third kappa shape index (κ3) is 3.82. The van der Waals surface area contributed by atoms with Gasteiger partial charge in [0, 0.05) is 30.4 Å². The summed E-state index contributed by atoms with van der Waals surface area (Å²) in [6, 6.07) is 6.09. The summed E-state index contributed by atoms with van der Waals surface area (Å²) in [5, 5.41) is 7.43. The molecule has 6 heteroatoms. The molecule has 6 nitrogen and oxygen atoms in total. The van der Waals surface area contributed by atoms with Crippen molar-refractivity contribution in [3.8, 4) is 5.82 Å². The summed E-state index contributed by atoms with van der Waals surface area (Å²) in [6.07, 6.45) is 5.59. The van der Waals surface area contributed by atoms with Crippen LogP contribution >= 0.6 is 0 Å². The molecule has 128 valence electrons. The van der Waals surface area contributed by atoms with E-state index in [4.69, 9.17) is 5.73 Å². The van der Waals surface area contributed by atoms with E-state index in [-0.39, 0.29) is 17.9 Å². The Morgan fingerprint density at radius 2 is 2.21 bits per heavy atom. The standard InChI is InChI=1S/C18H25N5O/c1-12-8-13(2)23(22-12)17-7-6-14(10-20-17)11-21-18(24)15-4-3-5-16(19)9-15/h6-8,10,15-16H,3-5,9,11,19H2,1-2H3,(H,21,24). The molecule has 2 unspecified atom stereocenters. The molecule has 3 rings (SSSR count). The van der Waals surface area contributed by atoms with Crippen molar-refractivity contribution in [1.29, 1.82) is 0 Å². The summed E-state index contributed by atoms with van der Waals surface area (Å²) in [7, 11) is 0. The van der Waals surface area contributed by atoms with Gasteiger partial charge in [0.05, 0.1) is 5.69 Å². The molecule has 2 atom stereocenters. The van der Waals surface area contributed by atoms with E-state index < -0.39 is 0 Å². The number of hydrogen-bond donors (Lipinski definition) is 2. The first-order valence-electron chi connectivity index (χ1n) is 8.55. The minimum absolute atomic E-state index is 0.0516. The van der Waals surface area contributed by atoms with Gasteiger partial charge in [-0.3, -0.25) is 4.79 Å². The molecule has 1 saturated carbocycles. The van der Waals surface area contributed by atoms with Crippen LogP contribution in [0.3, 0.4) is 0 Å². The zero-order valence-electron chi connectivity index (χ0n) is 14.3. The number of hydrogen-bond acceptors (Lipinski definition) is 4. The summed E-state index contributed by atoms with van der Waals surface area (Å²) >= 11 is 0. The number of aromatic nitrogens is 3. The maximum absolute atomic E-state index is 12.3. The molecule has 2 aromatic heterocycles. The van der Waals surface area contributed by atoms with Crippen LogP contribution in [0.1, 0.15) is 42.6 Å². The Balaban J connectivity index is 1.58. The highest BCUT2D eigenvalue weighted by Crippen LogP contribution is 2.23. The first kappa shape index (κ1) is 16.6. The average Bonchev–Trinajstić information content (AvgIpc) is 2.91. The van der Waals surface area contributed by atoms with Crippen molar-refractivity contribution in [1.82, 2.24) is 20.1 Å². The third-order valence-electron chi connectivity index (χ3n) is 4.59. The van der Waals surface area contributed by atoms with Crippen molar-refractivity contribution < 1.29 is 4.79 Å². The predicted molar refractivity (Wildman–Crippen MR) is 92.6 cm³/mol. The highest BCUT2D eigenvalue weighted by Gasteiger charge is 2.24. The maximum atomic E-state index is 12.3. The molecule has 1 amide bonds. The van der Waals surface area contributed by atoms with Crippen LogP contribution in [0.25, 0.3) is 5.82 Å². The van der Waals surface area contributed by atoms with Gasteiger partial charge < -0.3 is 11.1 Å². The fraction of sp³-hybridized carbons (Fsp3) is 0.500. The van der Waals surface area contributed by atoms with E-state index in [1.54, 1.807) is 6.20 Å². The summed E-state index contributed by atoms with van der Waals surface area (Å²) in [4.78, 5) is 16.7. The summed E-state index contributed by atoms with van der Waals surface area (Å²) in [5.74, 6) is 0.942. The third-order valence-corrected chi connectivity index (χ3v) is 4.59. The van der Waals surface area contributed by atoms with E-state index in [9.17, 15) is 4.79 Å². The maximum Gasteiger partial charge on any atom is 0.223 e. The predicted octanol–water partition coefficient (Wildman–Crippen LogP) is 2.02. The van der Waals surface area contributed by atoms with E-state index in [1.165, 1.54) is 0 Å². The Morgan fingerprint density at radius 3 is 2.83 bits per heavy atom. The highest BCUT2D eigenvalue weighted by atomic mass is 16.1. The molecular formula is C18H25N5O. The fourth-order valence-electron chi connectivity index (χ4n) is 3.31. The van der Waals surface area contributed by atoms with E-state index >= 15 is 0 Å². The smallest absolute Gasteiger partial charge is 0.223 e. The Hall–Kier alpha value is -2.21. The number of nitrogens with two attached hydrogens (primary N) is 1. The van der Waals surface area contributed by atoms with Gasteiger partial charge in [-0.1, -0.05) is 12.5 Å². The number of carbonyl (C=O) groups excluding carboxylic acids is 1. The SMILES string of the molecule is Cc1cc(C)n(-c2ccc(CNC(=O)C3CCCC(N)C3)cn2)n1. The fourth-order valence-corrected chi connectivity index (χ4v) is 3.31. The van der Waals surface area contributed by atoms with Gasteiger partial charge in [0.15, 0.2) is 5.82 Å². The summed E-state index contributed by atoms with van der Waals surface area (Å²) in [5.41, 5.74) is 8.96. The minimum atomic E-state index is 0.0516. The molecule has 1 fully saturated rings. The second kappa shape index (κ2) is 7.13. The molecule has 1 aliphatic carbocycles. The Bertz CT molecular complexity index is 707. The zero-order chi connectivity index (χ0) is 17.1. The topological polar surface area (TPSA) is 85.8 Å². The van der Waals surface area contributed by atoms with E-state index in [1.807, 2.05) is 36.7 Å². The molecule has 0 bridgehead atoms. The molecule has 0 aromatic carbocycles. The second-order valence-electron chi connectivity index (χ2n) is 6.70. The Morgan fingerprint density at radius 1 is 1.38 bits per heavy atom. The Kier molecular flexibility index (Phi) is 4.94. The van der Waals surface area contributed by atoms with Crippen molar-refractivity contribution in [3.05, 3.63) is 41.3 Å². The number of amides is 1. The molecule has 3 N–H and O–H groups in total. The molecular weight excluding hydrogens is 302 g/mol. The first-order chi connectivity index (χ1) is 11.5. The van der Waals surface area contributed by atoms with Crippen LogP contribution in [-0.4, -0.2) is 26.7 Å². The van der Waals surface area contributed by atoms with Gasteiger partial charge in [0.2, 0.25) is 5.91 Å². The van der Waals surface area contributed by atoms with Crippen LogP contribution in [0, 0.1) is 19.8 Å². The van der Waals surface area contributed by atoms with Gasteiger partial charge in [-0.25, -0.2) is 9.67 Å². The lowest BCUT2D eigenvalue weighted by Gasteiger charge is -2.25. The van der Waals surface area contributed by atoms with Gasteiger partial charge in [0.25, 0.3) is 0 Å². The van der Waals surface area contributed by atoms with Gasteiger partial charge in [-0.15, -0.1) is 0 Å². The number of nitrogens with zero attached hydrogens (tertiary/aromatic N) is 3. The number of nitrogens with one attached hydrogen (secondary N) is 1. The molecule has 24 heavy (non-hydrogen) atoms. The van der Waals surface area contributed by atoms with Crippen molar-refractivity contribution in [2.75, 3.05) is 0 Å². The van der Waals surface area contributed by atoms with Crippen LogP contribution < -0.4 is 11.1 Å². The van der Waals surface area contributed by atoms with Crippen LogP contribution in [0.2, 0.25) is 0 Å². The first-order valence-corrected chi connectivity index (χ1v) is 8.55. The van der Waals surface area contributed by atoms with E-state index in [0.717, 1.165) is 48.5 Å². The zero-order valence-corrected chi connectivity index (χ0v) is 14.3. The van der Waals surface area contributed by atoms with Crippen LogP contribution in [0.5, 0.6) is 0 Å². The molecule has 2 aromatic rings. The van der Waals surface area contributed by atoms with Crippen molar-refractivity contribution in [2.45, 2.75) is 52.1 Å². The summed E-state index contributed by atoms with van der Waals surface area (Å²) < 4.78 is 1.82. The molecule has 0 radical (unpaired) electrons. The largest absolute Gasteiger partial charge is 0.352 e. The number of pyridine rings is 1. The van der Waals surface area contributed by atoms with Crippen LogP contribution in [0.15, 0.2) is 24.4 Å². The number of aryl methyl sites for hydroxylation is 2. The number of carbonyl (C=O) groups is 1. The average molecular weight is 327 g/mol. The molecule has 0 saturated heterocycles. The summed E-state index contributed by atoms with van der Waals surface area (Å²) in [6.45, 7) is 4.46. The van der Waals surface area contributed by atoms with Crippen molar-refractivity contribution >= 4 is 5.91 Å². The lowest BCUT2D eigenvalue weighted by atomic mass is 9.85. The lowest BCUT2D eigenvalue weighted by Crippen LogP contribution is -2.37. The Labute approximate surface area is 142 Å². The quantitative estimate of drug-likeness (QED) is 0.899. The molecule has 0 spiro atoms. The molecule has 1 aliphatic rings. The molecule has 2 heterocycles. The van der Waals surface area contributed by atoms with E-state index in [0.29, 0.717) is 6.54 Å². The van der Waals surface area contributed by atoms with Crippen molar-refractivity contribution in [2.24, 2.45) is 11.7 Å². The monoisotopic (exact) mass is 327 g/mol. The number of rotatable bonds is 4. The van der Waals surface area contributed by atoms with Gasteiger partial charge in [-0.2, -0.15) is 5.10 Å². The lowest BCUT2D eigenvalue weighted by molar-refractivity contribution is -0.126. The van der Waals surface area contributed by atoms with Crippen LogP contribution in [-0.2, 0) is 11.3 Å². The molecule has 0 aliphatic heterocycles. The van der Waals surface area contributed by atoms with Gasteiger partial charge >= 0.3 is 0 Å². The second-order valence-corrected chi connectivity index (χ2v) is 6.70.